The predicted molar refractivity (Wildman–Crippen MR) is 92.8 cm³/mol. The lowest BCUT2D eigenvalue weighted by Crippen LogP contribution is -2.24. The Morgan fingerprint density at radius 1 is 0.952 bits per heavy atom. The zero-order valence-corrected chi connectivity index (χ0v) is 14.4. The molecule has 2 aromatic rings. The summed E-state index contributed by atoms with van der Waals surface area (Å²) >= 11 is 18.6. The van der Waals surface area contributed by atoms with Crippen LogP contribution in [-0.2, 0) is 0 Å². The molecule has 2 aromatic carbocycles. The van der Waals surface area contributed by atoms with E-state index in [9.17, 15) is 0 Å². The normalized spacial score (nSPS) is 12.4. The highest BCUT2D eigenvalue weighted by molar-refractivity contribution is 6.35. The maximum atomic E-state index is 6.39. The van der Waals surface area contributed by atoms with Gasteiger partial charge in [0.2, 0.25) is 0 Å². The third-order valence-electron chi connectivity index (χ3n) is 3.42. The van der Waals surface area contributed by atoms with Crippen LogP contribution >= 0.6 is 34.8 Å². The molecule has 0 radical (unpaired) electrons. The molecule has 0 aliphatic carbocycles. The lowest BCUT2D eigenvalue weighted by Gasteiger charge is -2.23. The van der Waals surface area contributed by atoms with Gasteiger partial charge >= 0.3 is 0 Å². The van der Waals surface area contributed by atoms with Gasteiger partial charge in [0.1, 0.15) is 0 Å². The third kappa shape index (κ3) is 4.14. The molecular formula is C17H18Cl3N. The van der Waals surface area contributed by atoms with E-state index >= 15 is 0 Å². The van der Waals surface area contributed by atoms with E-state index in [-0.39, 0.29) is 6.04 Å². The monoisotopic (exact) mass is 341 g/mol. The molecule has 1 atom stereocenters. The van der Waals surface area contributed by atoms with Gasteiger partial charge in [-0.2, -0.15) is 0 Å². The first-order valence-electron chi connectivity index (χ1n) is 6.97. The molecule has 0 fully saturated rings. The van der Waals surface area contributed by atoms with Crippen molar-refractivity contribution in [2.24, 2.45) is 0 Å². The maximum absolute atomic E-state index is 6.39. The minimum atomic E-state index is 0.00779. The molecule has 0 aliphatic rings. The molecule has 4 heteroatoms. The van der Waals surface area contributed by atoms with Gasteiger partial charge in [0.05, 0.1) is 6.04 Å². The second kappa shape index (κ2) is 7.51. The molecule has 0 amide bonds. The van der Waals surface area contributed by atoms with Crippen LogP contribution in [0.2, 0.25) is 15.1 Å². The van der Waals surface area contributed by atoms with E-state index in [1.54, 1.807) is 6.07 Å². The van der Waals surface area contributed by atoms with Crippen molar-refractivity contribution < 1.29 is 0 Å². The Morgan fingerprint density at radius 3 is 2.29 bits per heavy atom. The van der Waals surface area contributed by atoms with Crippen LogP contribution in [0.5, 0.6) is 0 Å². The summed E-state index contributed by atoms with van der Waals surface area (Å²) in [7, 11) is 0. The number of halogens is 3. The second-order valence-corrected chi connectivity index (χ2v) is 6.33. The van der Waals surface area contributed by atoms with Gasteiger partial charge in [0.15, 0.2) is 0 Å². The van der Waals surface area contributed by atoms with Crippen LogP contribution in [0.4, 0.5) is 0 Å². The lowest BCUT2D eigenvalue weighted by molar-refractivity contribution is 0.596. The van der Waals surface area contributed by atoms with Gasteiger partial charge in [-0.15, -0.1) is 0 Å². The molecular weight excluding hydrogens is 325 g/mol. The topological polar surface area (TPSA) is 12.0 Å². The Morgan fingerprint density at radius 2 is 1.62 bits per heavy atom. The minimum Gasteiger partial charge on any atom is -0.306 e. The number of aryl methyl sites for hydroxylation is 1. The van der Waals surface area contributed by atoms with Gasteiger partial charge in [-0.25, -0.2) is 0 Å². The fourth-order valence-electron chi connectivity index (χ4n) is 2.33. The summed E-state index contributed by atoms with van der Waals surface area (Å²) in [5, 5.41) is 5.57. The van der Waals surface area contributed by atoms with Crippen LogP contribution in [0.1, 0.15) is 36.1 Å². The van der Waals surface area contributed by atoms with E-state index in [1.165, 1.54) is 5.56 Å². The minimum absolute atomic E-state index is 0.00779. The van der Waals surface area contributed by atoms with Gasteiger partial charge in [0.25, 0.3) is 0 Å². The zero-order valence-electron chi connectivity index (χ0n) is 12.1. The van der Waals surface area contributed by atoms with Crippen molar-refractivity contribution in [3.05, 3.63) is 68.2 Å². The maximum Gasteiger partial charge on any atom is 0.0594 e. The van der Waals surface area contributed by atoms with Gasteiger partial charge in [-0.3, -0.25) is 0 Å². The Hall–Kier alpha value is -0.730. The Bertz CT molecular complexity index is 625. The summed E-state index contributed by atoms with van der Waals surface area (Å²) in [6, 6.07) is 11.5. The molecule has 0 saturated heterocycles. The Balaban J connectivity index is 2.49. The molecule has 0 aromatic heterocycles. The average Bonchev–Trinajstić information content (AvgIpc) is 2.44. The molecule has 21 heavy (non-hydrogen) atoms. The molecule has 2 rings (SSSR count). The fraction of sp³-hybridized carbons (Fsp3) is 0.294. The summed E-state index contributed by atoms with van der Waals surface area (Å²) < 4.78 is 0. The highest BCUT2D eigenvalue weighted by Crippen LogP contribution is 2.33. The molecule has 1 unspecified atom stereocenters. The molecule has 1 N–H and O–H groups in total. The van der Waals surface area contributed by atoms with Crippen molar-refractivity contribution in [1.82, 2.24) is 5.32 Å². The van der Waals surface area contributed by atoms with Crippen LogP contribution in [0.25, 0.3) is 0 Å². The first-order valence-corrected chi connectivity index (χ1v) is 8.10. The zero-order chi connectivity index (χ0) is 15.4. The summed E-state index contributed by atoms with van der Waals surface area (Å²) in [6.07, 6.45) is 1.04. The molecule has 0 spiro atoms. The first-order chi connectivity index (χ1) is 10.0. The van der Waals surface area contributed by atoms with Crippen molar-refractivity contribution >= 4 is 34.8 Å². The van der Waals surface area contributed by atoms with Crippen molar-refractivity contribution in [2.75, 3.05) is 6.54 Å². The third-order valence-corrected chi connectivity index (χ3v) is 4.22. The summed E-state index contributed by atoms with van der Waals surface area (Å²) in [6.45, 7) is 5.12. The van der Waals surface area contributed by atoms with Crippen LogP contribution in [0, 0.1) is 6.92 Å². The Kier molecular flexibility index (Phi) is 5.95. The van der Waals surface area contributed by atoms with Crippen LogP contribution in [-0.4, -0.2) is 6.54 Å². The molecule has 112 valence electrons. The van der Waals surface area contributed by atoms with E-state index in [0.717, 1.165) is 29.1 Å². The van der Waals surface area contributed by atoms with Crippen molar-refractivity contribution in [3.63, 3.8) is 0 Å². The number of hydrogen-bond donors (Lipinski definition) is 1. The van der Waals surface area contributed by atoms with E-state index in [4.69, 9.17) is 34.8 Å². The van der Waals surface area contributed by atoms with Crippen LogP contribution in [0.15, 0.2) is 36.4 Å². The van der Waals surface area contributed by atoms with Gasteiger partial charge < -0.3 is 5.32 Å². The first kappa shape index (κ1) is 16.6. The van der Waals surface area contributed by atoms with Crippen LogP contribution < -0.4 is 5.32 Å². The summed E-state index contributed by atoms with van der Waals surface area (Å²) in [5.41, 5.74) is 3.33. The summed E-state index contributed by atoms with van der Waals surface area (Å²) in [5.74, 6) is 0. The second-order valence-electron chi connectivity index (χ2n) is 5.05. The van der Waals surface area contributed by atoms with Gasteiger partial charge in [0, 0.05) is 15.1 Å². The SMILES string of the molecule is CCCNC(c1cc(Cl)ccc1C)c1ccc(Cl)cc1Cl. The van der Waals surface area contributed by atoms with Crippen molar-refractivity contribution in [3.8, 4) is 0 Å². The fourth-order valence-corrected chi connectivity index (χ4v) is 3.03. The van der Waals surface area contributed by atoms with Gasteiger partial charge in [-0.05, 0) is 60.8 Å². The Labute approximate surface area is 141 Å². The highest BCUT2D eigenvalue weighted by atomic mass is 35.5. The molecule has 0 aliphatic heterocycles. The van der Waals surface area contributed by atoms with E-state index in [0.29, 0.717) is 10.0 Å². The molecule has 0 bridgehead atoms. The highest BCUT2D eigenvalue weighted by Gasteiger charge is 2.18. The van der Waals surface area contributed by atoms with E-state index < -0.39 is 0 Å². The largest absolute Gasteiger partial charge is 0.306 e. The predicted octanol–water partition coefficient (Wildman–Crippen LogP) is 6.04. The van der Waals surface area contributed by atoms with E-state index in [2.05, 4.69) is 19.2 Å². The summed E-state index contributed by atoms with van der Waals surface area (Å²) in [4.78, 5) is 0. The number of rotatable bonds is 5. The average molecular weight is 343 g/mol. The van der Waals surface area contributed by atoms with Crippen molar-refractivity contribution in [1.29, 1.82) is 0 Å². The van der Waals surface area contributed by atoms with Crippen LogP contribution in [0.3, 0.4) is 0 Å². The smallest absolute Gasteiger partial charge is 0.0594 e. The molecule has 1 nitrogen and oxygen atoms in total. The van der Waals surface area contributed by atoms with Gasteiger partial charge in [-0.1, -0.05) is 53.9 Å². The van der Waals surface area contributed by atoms with Crippen molar-refractivity contribution in [2.45, 2.75) is 26.3 Å². The standard InChI is InChI=1S/C17H18Cl3N/c1-3-8-21-17(14-7-6-13(19)10-16(14)20)15-9-12(18)5-4-11(15)2/h4-7,9-10,17,21H,3,8H2,1-2H3. The molecule has 0 heterocycles. The van der Waals surface area contributed by atoms with E-state index in [1.807, 2.05) is 30.3 Å². The molecule has 0 saturated carbocycles. The number of nitrogens with one attached hydrogen (secondary N) is 1. The quantitative estimate of drug-likeness (QED) is 0.698. The number of hydrogen-bond acceptors (Lipinski definition) is 1. The lowest BCUT2D eigenvalue weighted by atomic mass is 9.95. The number of benzene rings is 2.